The fraction of sp³-hybridized carbons (Fsp3) is 0.647. The predicted molar refractivity (Wildman–Crippen MR) is 82.7 cm³/mol. The zero-order chi connectivity index (χ0) is 15.6. The molecule has 1 fully saturated rings. The lowest BCUT2D eigenvalue weighted by Crippen LogP contribution is -2.25. The summed E-state index contributed by atoms with van der Waals surface area (Å²) in [4.78, 5) is 10.5. The van der Waals surface area contributed by atoms with Crippen molar-refractivity contribution in [2.24, 2.45) is 0 Å². The predicted octanol–water partition coefficient (Wildman–Crippen LogP) is 3.58. The smallest absolute Gasteiger partial charge is 0.199 e. The van der Waals surface area contributed by atoms with Crippen molar-refractivity contribution in [3.05, 3.63) is 23.8 Å². The first kappa shape index (κ1) is 17.1. The summed E-state index contributed by atoms with van der Waals surface area (Å²) in [7, 11) is 0. The van der Waals surface area contributed by atoms with E-state index in [2.05, 4.69) is 6.92 Å². The zero-order valence-corrected chi connectivity index (χ0v) is 13.3. The maximum absolute atomic E-state index is 9.35. The topological polar surface area (TPSA) is 57.2 Å². The summed E-state index contributed by atoms with van der Waals surface area (Å²) in [6.45, 7) is 3.35. The lowest BCUT2D eigenvalue weighted by Gasteiger charge is -2.23. The van der Waals surface area contributed by atoms with Crippen LogP contribution in [0.1, 0.15) is 51.0 Å². The monoisotopic (exact) mass is 310 g/mol. The van der Waals surface area contributed by atoms with Crippen LogP contribution in [0.4, 0.5) is 0 Å². The number of rotatable bonds is 9. The molecule has 1 heterocycles. The highest BCUT2D eigenvalue weighted by atomic mass is 17.2. The minimum absolute atomic E-state index is 0.0745. The first-order valence-corrected chi connectivity index (χ1v) is 8.14. The summed E-state index contributed by atoms with van der Waals surface area (Å²) in [6.07, 6.45) is 6.07. The van der Waals surface area contributed by atoms with Crippen molar-refractivity contribution < 1.29 is 24.4 Å². The molecule has 0 radical (unpaired) electrons. The van der Waals surface area contributed by atoms with Gasteiger partial charge in [0.1, 0.15) is 5.75 Å². The Kier molecular flexibility index (Phi) is 7.49. The Hall–Kier alpha value is -1.30. The molecular weight excluding hydrogens is 284 g/mol. The average molecular weight is 310 g/mol. The Balaban J connectivity index is 1.90. The summed E-state index contributed by atoms with van der Waals surface area (Å²) < 4.78 is 11.4. The van der Waals surface area contributed by atoms with Gasteiger partial charge < -0.3 is 19.5 Å². The first-order chi connectivity index (χ1) is 10.8. The van der Waals surface area contributed by atoms with Crippen LogP contribution < -0.4 is 9.62 Å². The molecule has 0 saturated carbocycles. The van der Waals surface area contributed by atoms with Crippen LogP contribution in [0.5, 0.6) is 11.5 Å². The van der Waals surface area contributed by atoms with Crippen molar-refractivity contribution >= 4 is 0 Å². The summed E-state index contributed by atoms with van der Waals surface area (Å²) in [6, 6.07) is 5.30. The third-order valence-corrected chi connectivity index (χ3v) is 3.51. The van der Waals surface area contributed by atoms with Crippen molar-refractivity contribution in [3.8, 4) is 11.5 Å². The number of ether oxygens (including phenoxy) is 2. The molecule has 1 atom stereocenters. The highest BCUT2D eigenvalue weighted by Gasteiger charge is 2.16. The van der Waals surface area contributed by atoms with Crippen molar-refractivity contribution in [1.29, 1.82) is 0 Å². The number of hydrogen-bond acceptors (Lipinski definition) is 5. The van der Waals surface area contributed by atoms with E-state index in [4.69, 9.17) is 19.2 Å². The molecule has 1 N–H and O–H groups in total. The Labute approximate surface area is 132 Å². The van der Waals surface area contributed by atoms with Gasteiger partial charge >= 0.3 is 0 Å². The van der Waals surface area contributed by atoms with Gasteiger partial charge in [-0.1, -0.05) is 19.8 Å². The van der Waals surface area contributed by atoms with Gasteiger partial charge in [-0.15, -0.1) is 0 Å². The number of hydrogen-bond donors (Lipinski definition) is 1. The van der Waals surface area contributed by atoms with Gasteiger partial charge in [-0.05, 0) is 37.0 Å². The molecule has 1 aromatic carbocycles. The van der Waals surface area contributed by atoms with Gasteiger partial charge in [0.05, 0.1) is 19.8 Å². The second-order valence-electron chi connectivity index (χ2n) is 5.50. The number of aliphatic hydroxyl groups excluding tert-OH is 1. The van der Waals surface area contributed by atoms with Crippen LogP contribution in [-0.4, -0.2) is 24.6 Å². The summed E-state index contributed by atoms with van der Waals surface area (Å²) in [5.41, 5.74) is 0.723. The van der Waals surface area contributed by atoms with E-state index >= 15 is 0 Å². The van der Waals surface area contributed by atoms with Crippen molar-refractivity contribution in [2.45, 2.75) is 58.3 Å². The summed E-state index contributed by atoms with van der Waals surface area (Å²) in [5.74, 6) is 1.17. The van der Waals surface area contributed by atoms with Gasteiger partial charge in [0.15, 0.2) is 12.0 Å². The SMILES string of the molecule is CCCCCOOc1cc(CO)cc(OC2CCCCO2)c1. The molecular formula is C17H26O5. The van der Waals surface area contributed by atoms with E-state index < -0.39 is 0 Å². The minimum Gasteiger partial charge on any atom is -0.465 e. The summed E-state index contributed by atoms with van der Waals surface area (Å²) >= 11 is 0. The van der Waals surface area contributed by atoms with Crippen molar-refractivity contribution in [3.63, 3.8) is 0 Å². The minimum atomic E-state index is -0.221. The fourth-order valence-electron chi connectivity index (χ4n) is 2.31. The Morgan fingerprint density at radius 2 is 2.05 bits per heavy atom. The van der Waals surface area contributed by atoms with Crippen LogP contribution in [0.3, 0.4) is 0 Å². The fourth-order valence-corrected chi connectivity index (χ4v) is 2.31. The highest BCUT2D eigenvalue weighted by molar-refractivity contribution is 5.38. The van der Waals surface area contributed by atoms with Crippen LogP contribution in [0.25, 0.3) is 0 Å². The Morgan fingerprint density at radius 3 is 2.77 bits per heavy atom. The van der Waals surface area contributed by atoms with E-state index in [1.54, 1.807) is 18.2 Å². The number of unbranched alkanes of at least 4 members (excludes halogenated alkanes) is 2. The number of aliphatic hydroxyl groups is 1. The molecule has 1 unspecified atom stereocenters. The normalized spacial score (nSPS) is 18.2. The second kappa shape index (κ2) is 9.66. The number of benzene rings is 1. The molecule has 1 aliphatic heterocycles. The molecule has 5 heteroatoms. The van der Waals surface area contributed by atoms with E-state index in [0.29, 0.717) is 18.1 Å². The van der Waals surface area contributed by atoms with Crippen molar-refractivity contribution in [2.75, 3.05) is 13.2 Å². The van der Waals surface area contributed by atoms with Crippen LogP contribution >= 0.6 is 0 Å². The van der Waals surface area contributed by atoms with Crippen LogP contribution in [0.2, 0.25) is 0 Å². The maximum Gasteiger partial charge on any atom is 0.199 e. The third kappa shape index (κ3) is 5.83. The van der Waals surface area contributed by atoms with Gasteiger partial charge in [-0.25, -0.2) is 0 Å². The Morgan fingerprint density at radius 1 is 1.18 bits per heavy atom. The molecule has 2 rings (SSSR count). The highest BCUT2D eigenvalue weighted by Crippen LogP contribution is 2.26. The first-order valence-electron chi connectivity index (χ1n) is 8.14. The van der Waals surface area contributed by atoms with Crippen LogP contribution in [0, 0.1) is 0 Å². The van der Waals surface area contributed by atoms with Crippen LogP contribution in [0.15, 0.2) is 18.2 Å². The Bertz CT molecular complexity index is 429. The molecule has 0 aliphatic carbocycles. The molecule has 0 amide bonds. The quantitative estimate of drug-likeness (QED) is 0.429. The molecule has 1 aliphatic rings. The maximum atomic E-state index is 9.35. The molecule has 0 aromatic heterocycles. The summed E-state index contributed by atoms with van der Waals surface area (Å²) in [5, 5.41) is 9.35. The molecule has 1 saturated heterocycles. The van der Waals surface area contributed by atoms with E-state index in [1.165, 1.54) is 0 Å². The molecule has 5 nitrogen and oxygen atoms in total. The lowest BCUT2D eigenvalue weighted by atomic mass is 10.2. The van der Waals surface area contributed by atoms with E-state index in [9.17, 15) is 5.11 Å². The lowest BCUT2D eigenvalue weighted by molar-refractivity contribution is -0.207. The molecule has 124 valence electrons. The average Bonchev–Trinajstić information content (AvgIpc) is 2.55. The molecule has 0 spiro atoms. The van der Waals surface area contributed by atoms with E-state index in [-0.39, 0.29) is 12.9 Å². The second-order valence-corrected chi connectivity index (χ2v) is 5.50. The van der Waals surface area contributed by atoms with E-state index in [0.717, 1.165) is 50.7 Å². The van der Waals surface area contributed by atoms with Gasteiger partial charge in [-0.2, -0.15) is 4.89 Å². The van der Waals surface area contributed by atoms with E-state index in [1.807, 2.05) is 0 Å². The molecule has 1 aromatic rings. The van der Waals surface area contributed by atoms with Crippen LogP contribution in [-0.2, 0) is 16.2 Å². The van der Waals surface area contributed by atoms with Gasteiger partial charge in [0.2, 0.25) is 0 Å². The van der Waals surface area contributed by atoms with Gasteiger partial charge in [-0.3, -0.25) is 0 Å². The largest absolute Gasteiger partial charge is 0.465 e. The zero-order valence-electron chi connectivity index (χ0n) is 13.3. The molecule has 0 bridgehead atoms. The van der Waals surface area contributed by atoms with Gasteiger partial charge in [0, 0.05) is 12.5 Å². The standard InChI is InChI=1S/C17H26O5/c1-2-3-5-9-20-22-16-11-14(13-18)10-15(12-16)21-17-7-4-6-8-19-17/h10-12,17-18H,2-9,13H2,1H3. The molecule has 22 heavy (non-hydrogen) atoms. The van der Waals surface area contributed by atoms with Crippen molar-refractivity contribution in [1.82, 2.24) is 0 Å². The third-order valence-electron chi connectivity index (χ3n) is 3.51. The van der Waals surface area contributed by atoms with Gasteiger partial charge in [0.25, 0.3) is 0 Å².